The SMILES string of the molecule is C#CCNC(=O)CNC(=O)CN(CC1CCN(C(C)c2ccccc2C(F)(F)F)CC1)[SH](=O)=O. The first-order chi connectivity index (χ1) is 16.0. The summed E-state index contributed by atoms with van der Waals surface area (Å²) in [6, 6.07) is 5.06. The normalized spacial score (nSPS) is 16.3. The monoisotopic (exact) mass is 502 g/mol. The summed E-state index contributed by atoms with van der Waals surface area (Å²) < 4.78 is 64.4. The Morgan fingerprint density at radius 3 is 2.44 bits per heavy atom. The van der Waals surface area contributed by atoms with Gasteiger partial charge in [0.05, 0.1) is 25.2 Å². The average Bonchev–Trinajstić information content (AvgIpc) is 2.80. The van der Waals surface area contributed by atoms with E-state index in [1.807, 2.05) is 4.90 Å². The summed E-state index contributed by atoms with van der Waals surface area (Å²) in [5.41, 5.74) is -0.446. The van der Waals surface area contributed by atoms with Crippen LogP contribution < -0.4 is 10.6 Å². The van der Waals surface area contributed by atoms with E-state index >= 15 is 0 Å². The minimum absolute atomic E-state index is 0.0202. The van der Waals surface area contributed by atoms with Crippen LogP contribution in [0, 0.1) is 18.3 Å². The molecule has 188 valence electrons. The quantitative estimate of drug-likeness (QED) is 0.330. The van der Waals surface area contributed by atoms with E-state index in [9.17, 15) is 31.2 Å². The highest BCUT2D eigenvalue weighted by molar-refractivity contribution is 7.69. The molecule has 1 saturated heterocycles. The average molecular weight is 503 g/mol. The molecule has 1 aliphatic heterocycles. The van der Waals surface area contributed by atoms with Crippen molar-refractivity contribution in [3.63, 3.8) is 0 Å². The van der Waals surface area contributed by atoms with E-state index in [0.717, 1.165) is 10.4 Å². The van der Waals surface area contributed by atoms with Crippen LogP contribution in [-0.2, 0) is 26.7 Å². The molecule has 0 aliphatic carbocycles. The Kier molecular flexibility index (Phi) is 10.3. The first-order valence-corrected chi connectivity index (χ1v) is 11.9. The Balaban J connectivity index is 1.89. The molecule has 1 heterocycles. The van der Waals surface area contributed by atoms with Crippen molar-refractivity contribution in [2.24, 2.45) is 5.92 Å². The molecule has 2 N–H and O–H groups in total. The van der Waals surface area contributed by atoms with Gasteiger partial charge in [0.2, 0.25) is 22.7 Å². The van der Waals surface area contributed by atoms with E-state index in [2.05, 4.69) is 16.6 Å². The molecule has 1 unspecified atom stereocenters. The molecule has 1 fully saturated rings. The first-order valence-electron chi connectivity index (χ1n) is 10.8. The minimum Gasteiger partial charge on any atom is -0.346 e. The smallest absolute Gasteiger partial charge is 0.346 e. The van der Waals surface area contributed by atoms with Gasteiger partial charge in [0.1, 0.15) is 0 Å². The maximum Gasteiger partial charge on any atom is 0.416 e. The van der Waals surface area contributed by atoms with Crippen molar-refractivity contribution in [2.45, 2.75) is 32.0 Å². The lowest BCUT2D eigenvalue weighted by atomic mass is 9.93. The van der Waals surface area contributed by atoms with E-state index in [0.29, 0.717) is 25.9 Å². The molecule has 0 aromatic heterocycles. The minimum atomic E-state index is -4.44. The van der Waals surface area contributed by atoms with E-state index in [1.54, 1.807) is 13.0 Å². The van der Waals surface area contributed by atoms with Crippen LogP contribution in [0.3, 0.4) is 0 Å². The highest BCUT2D eigenvalue weighted by Gasteiger charge is 2.36. The second-order valence-electron chi connectivity index (χ2n) is 8.08. The van der Waals surface area contributed by atoms with Crippen LogP contribution in [0.4, 0.5) is 13.2 Å². The zero-order valence-corrected chi connectivity index (χ0v) is 19.7. The van der Waals surface area contributed by atoms with Gasteiger partial charge in [-0.2, -0.15) is 17.5 Å². The van der Waals surface area contributed by atoms with Gasteiger partial charge >= 0.3 is 6.18 Å². The highest BCUT2D eigenvalue weighted by Crippen LogP contribution is 2.37. The molecule has 8 nitrogen and oxygen atoms in total. The predicted octanol–water partition coefficient (Wildman–Crippen LogP) is 1.17. The van der Waals surface area contributed by atoms with Crippen LogP contribution in [0.2, 0.25) is 0 Å². The largest absolute Gasteiger partial charge is 0.416 e. The number of nitrogens with zero attached hydrogens (tertiary/aromatic N) is 2. The summed E-state index contributed by atoms with van der Waals surface area (Å²) in [4.78, 5) is 25.5. The number of hydrogen-bond donors (Lipinski definition) is 3. The number of piperidine rings is 1. The van der Waals surface area contributed by atoms with Crippen LogP contribution in [0.15, 0.2) is 24.3 Å². The fourth-order valence-corrected chi connectivity index (χ4v) is 4.55. The van der Waals surface area contributed by atoms with Gasteiger partial charge in [0.25, 0.3) is 0 Å². The summed E-state index contributed by atoms with van der Waals surface area (Å²) in [6.45, 7) is 2.14. The Bertz CT molecular complexity index is 962. The lowest BCUT2D eigenvalue weighted by molar-refractivity contribution is -0.138. The van der Waals surface area contributed by atoms with Crippen molar-refractivity contribution in [1.29, 1.82) is 0 Å². The van der Waals surface area contributed by atoms with Crippen molar-refractivity contribution in [3.8, 4) is 12.3 Å². The number of terminal acetylenes is 1. The Labute approximate surface area is 198 Å². The number of benzene rings is 1. The molecule has 1 aliphatic rings. The summed E-state index contributed by atoms with van der Waals surface area (Å²) in [7, 11) is -3.03. The molecule has 1 aromatic carbocycles. The zero-order valence-electron chi connectivity index (χ0n) is 18.8. The van der Waals surface area contributed by atoms with Crippen LogP contribution >= 0.6 is 0 Å². The van der Waals surface area contributed by atoms with Gasteiger partial charge < -0.3 is 10.6 Å². The summed E-state index contributed by atoms with van der Waals surface area (Å²) in [5, 5.41) is 4.72. The molecule has 2 amide bonds. The lowest BCUT2D eigenvalue weighted by Crippen LogP contribution is -2.44. The number of carbonyl (C=O) groups excluding carboxylic acids is 2. The molecule has 0 saturated carbocycles. The number of nitrogens with one attached hydrogen (secondary N) is 2. The lowest BCUT2D eigenvalue weighted by Gasteiger charge is -2.37. The van der Waals surface area contributed by atoms with Crippen molar-refractivity contribution in [2.75, 3.05) is 39.3 Å². The predicted molar refractivity (Wildman–Crippen MR) is 121 cm³/mol. The molecular formula is C22H29F3N4O4S. The Morgan fingerprint density at radius 2 is 1.85 bits per heavy atom. The van der Waals surface area contributed by atoms with E-state index in [1.165, 1.54) is 12.1 Å². The molecule has 2 rings (SSSR count). The van der Waals surface area contributed by atoms with E-state index in [-0.39, 0.29) is 31.1 Å². The summed E-state index contributed by atoms with van der Waals surface area (Å²) in [6.07, 6.45) is 1.74. The number of amides is 2. The van der Waals surface area contributed by atoms with Crippen LogP contribution in [-0.4, -0.2) is 68.7 Å². The third-order valence-electron chi connectivity index (χ3n) is 5.77. The molecule has 0 radical (unpaired) electrons. The topological polar surface area (TPSA) is 98.8 Å². The third kappa shape index (κ3) is 8.30. The fraction of sp³-hybridized carbons (Fsp3) is 0.545. The Hall–Kier alpha value is -2.62. The summed E-state index contributed by atoms with van der Waals surface area (Å²) in [5.74, 6) is 1.07. The second-order valence-corrected chi connectivity index (χ2v) is 9.12. The number of thiol groups is 1. The van der Waals surface area contributed by atoms with Gasteiger partial charge in [0.15, 0.2) is 0 Å². The van der Waals surface area contributed by atoms with Gasteiger partial charge in [-0.3, -0.25) is 14.5 Å². The van der Waals surface area contributed by atoms with Crippen molar-refractivity contribution >= 4 is 22.7 Å². The van der Waals surface area contributed by atoms with Gasteiger partial charge in [-0.05, 0) is 50.4 Å². The second kappa shape index (κ2) is 12.7. The van der Waals surface area contributed by atoms with Crippen molar-refractivity contribution < 1.29 is 31.2 Å². The fourth-order valence-electron chi connectivity index (χ4n) is 3.94. The molecule has 12 heteroatoms. The number of rotatable bonds is 10. The van der Waals surface area contributed by atoms with E-state index in [4.69, 9.17) is 6.42 Å². The van der Waals surface area contributed by atoms with Gasteiger partial charge in [-0.15, -0.1) is 6.42 Å². The third-order valence-corrected chi connectivity index (χ3v) is 6.54. The van der Waals surface area contributed by atoms with Gasteiger partial charge in [0, 0.05) is 12.6 Å². The molecule has 0 bridgehead atoms. The zero-order chi connectivity index (χ0) is 25.3. The van der Waals surface area contributed by atoms with Crippen LogP contribution in [0.5, 0.6) is 0 Å². The van der Waals surface area contributed by atoms with E-state index < -0.39 is 47.0 Å². The molecule has 34 heavy (non-hydrogen) atoms. The molecule has 1 aromatic rings. The number of alkyl halides is 3. The molecule has 1 atom stereocenters. The first kappa shape index (κ1) is 27.6. The Morgan fingerprint density at radius 1 is 1.21 bits per heavy atom. The van der Waals surface area contributed by atoms with Gasteiger partial charge in [-0.1, -0.05) is 24.1 Å². The maximum atomic E-state index is 13.4. The standard InChI is InChI=1S/C22H29F3N4O4S/c1-3-10-26-20(30)13-27-21(31)15-29(34(32)33)14-17-8-11-28(12-9-17)16(2)18-6-4-5-7-19(18)22(23,24)25/h1,4-7,16-17,34H,8-15H2,2H3,(H,26,30)(H,27,31). The maximum absolute atomic E-state index is 13.4. The van der Waals surface area contributed by atoms with Crippen molar-refractivity contribution in [3.05, 3.63) is 35.4 Å². The number of hydrogen-bond acceptors (Lipinski definition) is 5. The molecule has 0 spiro atoms. The highest BCUT2D eigenvalue weighted by atomic mass is 32.2. The number of likely N-dealkylation sites (tertiary alicyclic amines) is 1. The van der Waals surface area contributed by atoms with Crippen LogP contribution in [0.25, 0.3) is 0 Å². The van der Waals surface area contributed by atoms with Crippen LogP contribution in [0.1, 0.15) is 36.9 Å². The van der Waals surface area contributed by atoms with Crippen molar-refractivity contribution in [1.82, 2.24) is 19.8 Å². The van der Waals surface area contributed by atoms with Gasteiger partial charge in [-0.25, -0.2) is 8.42 Å². The number of carbonyl (C=O) groups is 2. The molecular weight excluding hydrogens is 473 g/mol. The summed E-state index contributed by atoms with van der Waals surface area (Å²) >= 11 is 0. The number of halogens is 3.